The molecule has 0 saturated carbocycles. The van der Waals surface area contributed by atoms with Gasteiger partial charge in [0.2, 0.25) is 0 Å². The first-order valence-electron chi connectivity index (χ1n) is 5.88. The Balaban J connectivity index is 2.10. The van der Waals surface area contributed by atoms with Crippen LogP contribution < -0.4 is 4.46 Å². The number of hydrogen-bond acceptors (Lipinski definition) is 2. The van der Waals surface area contributed by atoms with Crippen LogP contribution in [0.2, 0.25) is 0 Å². The fourth-order valence-electron chi connectivity index (χ4n) is 1.50. The van der Waals surface area contributed by atoms with Gasteiger partial charge in [0.1, 0.15) is 0 Å². The molecule has 2 aromatic carbocycles. The summed E-state index contributed by atoms with van der Waals surface area (Å²) in [6, 6.07) is 14.8. The summed E-state index contributed by atoms with van der Waals surface area (Å²) in [6.45, 7) is 1.93. The molecule has 0 bridgehead atoms. The molecule has 104 valence electrons. The minimum absolute atomic E-state index is 0.0124. The second-order valence-corrected chi connectivity index (χ2v) is 9.01. The van der Waals surface area contributed by atoms with Gasteiger partial charge < -0.3 is 0 Å². The molecule has 0 spiro atoms. The molecule has 0 saturated heterocycles. The van der Waals surface area contributed by atoms with E-state index in [0.29, 0.717) is 4.90 Å². The normalized spacial score (nSPS) is 11.9. The molecule has 5 heteroatoms. The Morgan fingerprint density at radius 2 is 1.60 bits per heavy atom. The van der Waals surface area contributed by atoms with Crippen molar-refractivity contribution in [3.63, 3.8) is 0 Å². The van der Waals surface area contributed by atoms with E-state index in [9.17, 15) is 8.42 Å². The van der Waals surface area contributed by atoms with Crippen LogP contribution >= 0.6 is 15.9 Å². The Kier molecular flexibility index (Phi) is 5.22. The van der Waals surface area contributed by atoms with Crippen molar-refractivity contribution < 1.29 is 8.42 Å². The molecular formula is C15H13BrO2SSe. The van der Waals surface area contributed by atoms with Gasteiger partial charge in [0.25, 0.3) is 0 Å². The molecule has 0 aliphatic rings. The number of aryl methyl sites for hydroxylation is 1. The zero-order valence-corrected chi connectivity index (χ0v) is 14.9. The van der Waals surface area contributed by atoms with Gasteiger partial charge in [0, 0.05) is 0 Å². The summed E-state index contributed by atoms with van der Waals surface area (Å²) < 4.78 is 26.4. The zero-order chi connectivity index (χ0) is 14.6. The molecule has 2 nitrogen and oxygen atoms in total. The Morgan fingerprint density at radius 3 is 2.20 bits per heavy atom. The number of hydrogen-bond donors (Lipinski definition) is 0. The van der Waals surface area contributed by atoms with Gasteiger partial charge in [-0.1, -0.05) is 0 Å². The molecule has 0 heterocycles. The first-order valence-corrected chi connectivity index (χ1v) is 10.1. The predicted molar refractivity (Wildman–Crippen MR) is 87.0 cm³/mol. The third kappa shape index (κ3) is 4.32. The molecule has 0 radical (unpaired) electrons. The monoisotopic (exact) mass is 416 g/mol. The Morgan fingerprint density at radius 1 is 1.00 bits per heavy atom. The Bertz CT molecular complexity index is 705. The summed E-state index contributed by atoms with van der Waals surface area (Å²) in [6.07, 6.45) is 0. The average Bonchev–Trinajstić information content (AvgIpc) is 2.41. The topological polar surface area (TPSA) is 34.1 Å². The Hall–Kier alpha value is -0.871. The van der Waals surface area contributed by atoms with Crippen LogP contribution in [0.25, 0.3) is 0 Å². The van der Waals surface area contributed by atoms with Gasteiger partial charge in [-0.2, -0.15) is 0 Å². The van der Waals surface area contributed by atoms with Gasteiger partial charge in [-0.05, 0) is 0 Å². The summed E-state index contributed by atoms with van der Waals surface area (Å²) in [5, 5.41) is 1.31. The predicted octanol–water partition coefficient (Wildman–Crippen LogP) is 3.03. The van der Waals surface area contributed by atoms with Crippen LogP contribution in [-0.2, 0) is 9.84 Å². The first kappa shape index (κ1) is 15.5. The molecule has 2 aromatic rings. The fourth-order valence-corrected chi connectivity index (χ4v) is 4.85. The summed E-state index contributed by atoms with van der Waals surface area (Å²) in [7, 11) is -3.33. The van der Waals surface area contributed by atoms with E-state index in [-0.39, 0.29) is 15.0 Å². The molecule has 0 amide bonds. The SMILES string of the molecule is Cc1ccc(S(=O)(=O)/C=C/[Se]c2ccc(Br)cc2)cc1. The maximum absolute atomic E-state index is 12.1. The minimum atomic E-state index is -3.33. The van der Waals surface area contributed by atoms with Crippen LogP contribution in [-0.4, -0.2) is 23.4 Å². The van der Waals surface area contributed by atoms with E-state index in [0.717, 1.165) is 14.5 Å². The van der Waals surface area contributed by atoms with E-state index in [2.05, 4.69) is 15.9 Å². The molecule has 0 aliphatic heterocycles. The molecule has 0 atom stereocenters. The first-order chi connectivity index (χ1) is 9.47. The van der Waals surface area contributed by atoms with Crippen molar-refractivity contribution in [3.8, 4) is 0 Å². The second-order valence-electron chi connectivity index (χ2n) is 4.20. The molecule has 0 fully saturated rings. The summed E-state index contributed by atoms with van der Waals surface area (Å²) in [5.41, 5.74) is 1.05. The standard InChI is InChI=1S/C15H13BrO2SSe/c1-12-2-6-14(7-3-12)19(17,18)10-11-20-15-8-4-13(16)5-9-15/h2-11H,1H3/b11-10+. The van der Waals surface area contributed by atoms with Gasteiger partial charge in [0.15, 0.2) is 0 Å². The number of sulfone groups is 1. The second kappa shape index (κ2) is 6.72. The third-order valence-corrected chi connectivity index (χ3v) is 6.66. The fraction of sp³-hybridized carbons (Fsp3) is 0.0667. The molecule has 0 unspecified atom stereocenters. The van der Waals surface area contributed by atoms with E-state index in [1.165, 1.54) is 5.41 Å². The van der Waals surface area contributed by atoms with Crippen molar-refractivity contribution >= 4 is 45.2 Å². The summed E-state index contributed by atoms with van der Waals surface area (Å²) in [5.74, 6) is 0. The van der Waals surface area contributed by atoms with Crippen LogP contribution in [0, 0.1) is 6.92 Å². The van der Waals surface area contributed by atoms with Crippen LogP contribution in [0.5, 0.6) is 0 Å². The molecule has 0 aliphatic carbocycles. The maximum atomic E-state index is 12.1. The number of halogens is 1. The van der Waals surface area contributed by atoms with Gasteiger partial charge in [-0.15, -0.1) is 0 Å². The van der Waals surface area contributed by atoms with E-state index >= 15 is 0 Å². The van der Waals surface area contributed by atoms with Gasteiger partial charge in [-0.3, -0.25) is 0 Å². The zero-order valence-electron chi connectivity index (χ0n) is 10.8. The molecule has 0 N–H and O–H groups in total. The van der Waals surface area contributed by atoms with E-state index in [1.54, 1.807) is 29.2 Å². The Labute approximate surface area is 134 Å². The van der Waals surface area contributed by atoms with Crippen molar-refractivity contribution in [1.29, 1.82) is 0 Å². The van der Waals surface area contributed by atoms with Crippen molar-refractivity contribution in [2.24, 2.45) is 0 Å². The number of rotatable bonds is 4. The molecule has 0 aromatic heterocycles. The van der Waals surface area contributed by atoms with Crippen LogP contribution in [0.15, 0.2) is 68.3 Å². The van der Waals surface area contributed by atoms with Gasteiger partial charge in [-0.25, -0.2) is 0 Å². The van der Waals surface area contributed by atoms with Crippen LogP contribution in [0.3, 0.4) is 0 Å². The van der Waals surface area contributed by atoms with Crippen LogP contribution in [0.4, 0.5) is 0 Å². The van der Waals surface area contributed by atoms with E-state index < -0.39 is 9.84 Å². The van der Waals surface area contributed by atoms with Gasteiger partial charge >= 0.3 is 134 Å². The van der Waals surface area contributed by atoms with Gasteiger partial charge in [0.05, 0.1) is 0 Å². The van der Waals surface area contributed by atoms with Crippen molar-refractivity contribution in [3.05, 3.63) is 68.9 Å². The number of benzene rings is 2. The molecular weight excluding hydrogens is 403 g/mol. The summed E-state index contributed by atoms with van der Waals surface area (Å²) in [4.78, 5) is 2.08. The van der Waals surface area contributed by atoms with Crippen molar-refractivity contribution in [2.45, 2.75) is 11.8 Å². The quantitative estimate of drug-likeness (QED) is 0.719. The van der Waals surface area contributed by atoms with Crippen molar-refractivity contribution in [1.82, 2.24) is 0 Å². The molecule has 2 rings (SSSR count). The van der Waals surface area contributed by atoms with E-state index in [1.807, 2.05) is 31.2 Å². The van der Waals surface area contributed by atoms with Crippen LogP contribution in [0.1, 0.15) is 5.56 Å². The van der Waals surface area contributed by atoms with Crippen molar-refractivity contribution in [2.75, 3.05) is 0 Å². The average molecular weight is 416 g/mol. The van der Waals surface area contributed by atoms with E-state index in [4.69, 9.17) is 0 Å². The summed E-state index contributed by atoms with van der Waals surface area (Å²) >= 11 is 3.39. The molecule has 20 heavy (non-hydrogen) atoms. The third-order valence-electron chi connectivity index (χ3n) is 2.60.